The van der Waals surface area contributed by atoms with Crippen LogP contribution in [0, 0.1) is 10.1 Å². The third kappa shape index (κ3) is 5.94. The van der Waals surface area contributed by atoms with E-state index in [1.807, 2.05) is 6.07 Å². The fourth-order valence-electron chi connectivity index (χ4n) is 4.81. The van der Waals surface area contributed by atoms with Gasteiger partial charge in [0, 0.05) is 28.1 Å². The normalized spacial score (nSPS) is 14.0. The lowest BCUT2D eigenvalue weighted by molar-refractivity contribution is -0.384. The first-order chi connectivity index (χ1) is 19.3. The van der Waals surface area contributed by atoms with Gasteiger partial charge in [0.25, 0.3) is 11.2 Å². The van der Waals surface area contributed by atoms with Gasteiger partial charge in [0.15, 0.2) is 0 Å². The number of nitrogens with zero attached hydrogens (tertiary/aromatic N) is 4. The standard InChI is InChI=1S/C29H25BrN4O6/c30-22-10-12-25-24(15-22)28(35)33(27(32-25)19-4-2-1-3-5-19)31-16-21-14-23(34(38)39)11-13-26(21)40-17-18-6-8-20(9-7-18)29(36)37/h6-16,19H,1-5,17H2,(H,36,37). The van der Waals surface area contributed by atoms with Gasteiger partial charge in [0.1, 0.15) is 18.2 Å². The number of non-ortho nitro benzene ring substituents is 1. The Morgan fingerprint density at radius 1 is 1.12 bits per heavy atom. The summed E-state index contributed by atoms with van der Waals surface area (Å²) in [6.07, 6.45) is 6.40. The molecule has 3 aromatic carbocycles. The highest BCUT2D eigenvalue weighted by atomic mass is 79.9. The van der Waals surface area contributed by atoms with Crippen LogP contribution in [0.5, 0.6) is 5.75 Å². The second-order valence-corrected chi connectivity index (χ2v) is 10.5. The highest BCUT2D eigenvalue weighted by Crippen LogP contribution is 2.32. The number of ether oxygens (including phenoxy) is 1. The number of carboxylic acids is 1. The predicted molar refractivity (Wildman–Crippen MR) is 153 cm³/mol. The molecule has 10 nitrogen and oxygen atoms in total. The third-order valence-electron chi connectivity index (χ3n) is 6.92. The summed E-state index contributed by atoms with van der Waals surface area (Å²) in [4.78, 5) is 40.5. The quantitative estimate of drug-likeness (QED) is 0.142. The smallest absolute Gasteiger partial charge is 0.335 e. The monoisotopic (exact) mass is 604 g/mol. The molecule has 0 spiro atoms. The number of hydrogen-bond donors (Lipinski definition) is 1. The summed E-state index contributed by atoms with van der Waals surface area (Å²) >= 11 is 3.42. The molecule has 0 aliphatic heterocycles. The average molecular weight is 605 g/mol. The minimum atomic E-state index is -1.03. The van der Waals surface area contributed by atoms with Crippen molar-refractivity contribution in [1.29, 1.82) is 0 Å². The second kappa shape index (κ2) is 11.8. The Bertz CT molecular complexity index is 1680. The van der Waals surface area contributed by atoms with Crippen LogP contribution in [0.2, 0.25) is 0 Å². The Morgan fingerprint density at radius 2 is 1.88 bits per heavy atom. The molecule has 1 aliphatic carbocycles. The van der Waals surface area contributed by atoms with Gasteiger partial charge in [0.2, 0.25) is 0 Å². The molecule has 11 heteroatoms. The van der Waals surface area contributed by atoms with E-state index < -0.39 is 10.9 Å². The lowest BCUT2D eigenvalue weighted by atomic mass is 9.88. The number of halogens is 1. The average Bonchev–Trinajstić information content (AvgIpc) is 2.96. The van der Waals surface area contributed by atoms with Crippen molar-refractivity contribution in [3.8, 4) is 5.75 Å². The number of benzene rings is 3. The lowest BCUT2D eigenvalue weighted by Gasteiger charge is -2.22. The second-order valence-electron chi connectivity index (χ2n) is 9.60. The maximum absolute atomic E-state index is 13.6. The molecular formula is C29H25BrN4O6. The number of fused-ring (bicyclic) bond motifs is 1. The topological polar surface area (TPSA) is 137 Å². The summed E-state index contributed by atoms with van der Waals surface area (Å²) in [5.74, 6) is -0.0661. The van der Waals surface area contributed by atoms with Gasteiger partial charge in [-0.05, 0) is 54.8 Å². The number of nitro benzene ring substituents is 1. The van der Waals surface area contributed by atoms with E-state index >= 15 is 0 Å². The van der Waals surface area contributed by atoms with Gasteiger partial charge in [-0.3, -0.25) is 14.9 Å². The van der Waals surface area contributed by atoms with Crippen LogP contribution in [-0.4, -0.2) is 31.9 Å². The van der Waals surface area contributed by atoms with Crippen molar-refractivity contribution in [1.82, 2.24) is 9.66 Å². The van der Waals surface area contributed by atoms with Crippen molar-refractivity contribution >= 4 is 44.7 Å². The van der Waals surface area contributed by atoms with Crippen molar-refractivity contribution < 1.29 is 19.6 Å². The summed E-state index contributed by atoms with van der Waals surface area (Å²) in [6, 6.07) is 15.7. The summed E-state index contributed by atoms with van der Waals surface area (Å²) in [5, 5.41) is 25.5. The SMILES string of the molecule is O=C(O)c1ccc(COc2ccc([N+](=O)[O-])cc2C=Nn2c(C3CCCCC3)nc3ccc(Br)cc3c2=O)cc1. The Morgan fingerprint density at radius 3 is 2.58 bits per heavy atom. The third-order valence-corrected chi connectivity index (χ3v) is 7.41. The van der Waals surface area contributed by atoms with Crippen molar-refractivity contribution in [2.75, 3.05) is 0 Å². The van der Waals surface area contributed by atoms with Crippen molar-refractivity contribution in [2.24, 2.45) is 5.10 Å². The number of carboxylic acid groups (broad SMARTS) is 1. The van der Waals surface area contributed by atoms with Crippen LogP contribution in [0.15, 0.2) is 75.0 Å². The molecule has 0 atom stereocenters. The molecule has 5 rings (SSSR count). The van der Waals surface area contributed by atoms with Crippen molar-refractivity contribution in [3.63, 3.8) is 0 Å². The summed E-state index contributed by atoms with van der Waals surface area (Å²) in [7, 11) is 0. The van der Waals surface area contributed by atoms with Crippen LogP contribution in [0.1, 0.15) is 65.3 Å². The fraction of sp³-hybridized carbons (Fsp3) is 0.241. The van der Waals surface area contributed by atoms with Gasteiger partial charge in [-0.15, -0.1) is 0 Å². The van der Waals surface area contributed by atoms with E-state index in [4.69, 9.17) is 14.8 Å². The zero-order valence-corrected chi connectivity index (χ0v) is 22.9. The van der Waals surface area contributed by atoms with Crippen molar-refractivity contribution in [2.45, 2.75) is 44.6 Å². The summed E-state index contributed by atoms with van der Waals surface area (Å²) in [6.45, 7) is 0.0946. The van der Waals surface area contributed by atoms with E-state index in [1.54, 1.807) is 24.3 Å². The zero-order chi connectivity index (χ0) is 28.2. The number of carbonyl (C=O) groups is 1. The Kier molecular flexibility index (Phi) is 8.01. The van der Waals surface area contributed by atoms with Gasteiger partial charge in [-0.1, -0.05) is 47.3 Å². The van der Waals surface area contributed by atoms with E-state index in [0.717, 1.165) is 36.6 Å². The first kappa shape index (κ1) is 27.2. The zero-order valence-electron chi connectivity index (χ0n) is 21.3. The highest BCUT2D eigenvalue weighted by molar-refractivity contribution is 9.10. The lowest BCUT2D eigenvalue weighted by Crippen LogP contribution is -2.25. The fourth-order valence-corrected chi connectivity index (χ4v) is 5.17. The molecule has 40 heavy (non-hydrogen) atoms. The Hall–Kier alpha value is -4.38. The molecule has 1 N–H and O–H groups in total. The molecule has 1 heterocycles. The predicted octanol–water partition coefficient (Wildman–Crippen LogP) is 6.27. The number of rotatable bonds is 8. The van der Waals surface area contributed by atoms with Gasteiger partial charge < -0.3 is 9.84 Å². The van der Waals surface area contributed by atoms with Crippen molar-refractivity contribution in [3.05, 3.63) is 108 Å². The molecule has 1 fully saturated rings. The number of hydrogen-bond acceptors (Lipinski definition) is 7. The maximum Gasteiger partial charge on any atom is 0.335 e. The maximum atomic E-state index is 13.6. The number of nitro groups is 1. The molecule has 1 aromatic heterocycles. The summed E-state index contributed by atoms with van der Waals surface area (Å²) < 4.78 is 7.98. The van der Waals surface area contributed by atoms with Gasteiger partial charge >= 0.3 is 5.97 Å². The van der Waals surface area contributed by atoms with E-state index in [0.29, 0.717) is 33.6 Å². The first-order valence-corrected chi connectivity index (χ1v) is 13.6. The van der Waals surface area contributed by atoms with Crippen LogP contribution >= 0.6 is 15.9 Å². The van der Waals surface area contributed by atoms with Crippen LogP contribution in [0.4, 0.5) is 5.69 Å². The molecule has 0 unspecified atom stereocenters. The molecule has 1 saturated carbocycles. The number of aromatic carboxylic acids is 1. The van der Waals surface area contributed by atoms with Crippen LogP contribution in [-0.2, 0) is 6.61 Å². The Balaban J connectivity index is 1.53. The van der Waals surface area contributed by atoms with E-state index in [2.05, 4.69) is 21.0 Å². The molecule has 1 aliphatic rings. The van der Waals surface area contributed by atoms with E-state index in [9.17, 15) is 19.7 Å². The largest absolute Gasteiger partial charge is 0.488 e. The van der Waals surface area contributed by atoms with Gasteiger partial charge in [-0.25, -0.2) is 9.78 Å². The highest BCUT2D eigenvalue weighted by Gasteiger charge is 2.23. The molecule has 0 amide bonds. The number of aromatic nitrogens is 2. The molecule has 0 saturated heterocycles. The molecular weight excluding hydrogens is 580 g/mol. The van der Waals surface area contributed by atoms with Gasteiger partial charge in [0.05, 0.1) is 27.6 Å². The van der Waals surface area contributed by atoms with Crippen LogP contribution in [0.25, 0.3) is 10.9 Å². The van der Waals surface area contributed by atoms with Crippen LogP contribution in [0.3, 0.4) is 0 Å². The van der Waals surface area contributed by atoms with Crippen LogP contribution < -0.4 is 10.3 Å². The Labute approximate surface area is 237 Å². The minimum absolute atomic E-state index is 0.0706. The molecule has 0 bridgehead atoms. The molecule has 0 radical (unpaired) electrons. The van der Waals surface area contributed by atoms with E-state index in [-0.39, 0.29) is 29.3 Å². The minimum Gasteiger partial charge on any atom is -0.488 e. The summed E-state index contributed by atoms with van der Waals surface area (Å²) in [5.41, 5.74) is 1.30. The molecule has 4 aromatic rings. The molecule has 204 valence electrons. The van der Waals surface area contributed by atoms with E-state index in [1.165, 1.54) is 41.2 Å². The first-order valence-electron chi connectivity index (χ1n) is 12.8. The van der Waals surface area contributed by atoms with Gasteiger partial charge in [-0.2, -0.15) is 9.78 Å².